The van der Waals surface area contributed by atoms with Crippen LogP contribution in [-0.2, 0) is 27.2 Å². The monoisotopic (exact) mass is 346 g/mol. The van der Waals surface area contributed by atoms with E-state index in [0.717, 1.165) is 44.9 Å². The van der Waals surface area contributed by atoms with Crippen molar-refractivity contribution >= 4 is 5.91 Å². The summed E-state index contributed by atoms with van der Waals surface area (Å²) in [5.74, 6) is 1.00. The third kappa shape index (κ3) is 3.38. The Morgan fingerprint density at radius 2 is 2.32 bits per heavy atom. The molecule has 1 aromatic rings. The second-order valence-corrected chi connectivity index (χ2v) is 7.05. The molecule has 4 rings (SSSR count). The second-order valence-electron chi connectivity index (χ2n) is 7.05. The van der Waals surface area contributed by atoms with E-state index >= 15 is 0 Å². The zero-order chi connectivity index (χ0) is 17.2. The highest BCUT2D eigenvalue weighted by atomic mass is 16.5. The summed E-state index contributed by atoms with van der Waals surface area (Å²) < 4.78 is 16.5. The molecule has 6 heteroatoms. The van der Waals surface area contributed by atoms with Crippen molar-refractivity contribution in [3.8, 4) is 5.75 Å². The van der Waals surface area contributed by atoms with Gasteiger partial charge in [-0.15, -0.1) is 0 Å². The minimum Gasteiger partial charge on any atom is -0.493 e. The Morgan fingerprint density at radius 1 is 1.40 bits per heavy atom. The lowest BCUT2D eigenvalue weighted by atomic mass is 10.0. The van der Waals surface area contributed by atoms with Crippen LogP contribution in [0, 0.1) is 5.92 Å². The topological polar surface area (TPSA) is 60.0 Å². The maximum atomic E-state index is 12.5. The first-order chi connectivity index (χ1) is 12.3. The average molecular weight is 346 g/mol. The van der Waals surface area contributed by atoms with E-state index in [9.17, 15) is 4.79 Å². The molecule has 0 spiro atoms. The van der Waals surface area contributed by atoms with E-state index in [4.69, 9.17) is 14.2 Å². The van der Waals surface area contributed by atoms with Gasteiger partial charge in [0.2, 0.25) is 5.91 Å². The smallest absolute Gasteiger partial charge is 0.227 e. The van der Waals surface area contributed by atoms with E-state index in [1.54, 1.807) is 7.11 Å². The molecule has 3 heterocycles. The second kappa shape index (κ2) is 7.32. The number of likely N-dealkylation sites (tertiary alicyclic amines) is 1. The maximum Gasteiger partial charge on any atom is 0.227 e. The number of hydrogen-bond donors (Lipinski definition) is 1. The predicted molar refractivity (Wildman–Crippen MR) is 92.6 cm³/mol. The SMILES string of the molecule is COCCNC(=O)[C@@H]1CN(Cc2ccc3c(c2)CCO3)[C@H]2CCO[C@@H]12. The number of ether oxygens (including phenoxy) is 3. The molecule has 25 heavy (non-hydrogen) atoms. The molecule has 0 unspecified atom stereocenters. The molecule has 3 aliphatic rings. The van der Waals surface area contributed by atoms with E-state index in [0.29, 0.717) is 19.2 Å². The summed E-state index contributed by atoms with van der Waals surface area (Å²) in [6, 6.07) is 6.80. The Kier molecular flexibility index (Phi) is 4.92. The van der Waals surface area contributed by atoms with Crippen LogP contribution in [0.5, 0.6) is 5.75 Å². The van der Waals surface area contributed by atoms with Gasteiger partial charge in [0.05, 0.1) is 25.2 Å². The Morgan fingerprint density at radius 3 is 3.20 bits per heavy atom. The fourth-order valence-electron chi connectivity index (χ4n) is 4.26. The number of methoxy groups -OCH3 is 1. The molecule has 6 nitrogen and oxygen atoms in total. The lowest BCUT2D eigenvalue weighted by Gasteiger charge is -2.22. The molecule has 3 aliphatic heterocycles. The molecule has 0 aromatic heterocycles. The van der Waals surface area contributed by atoms with E-state index in [2.05, 4.69) is 28.4 Å². The van der Waals surface area contributed by atoms with Gasteiger partial charge in [0, 0.05) is 45.8 Å². The Bertz CT molecular complexity index is 636. The third-order valence-electron chi connectivity index (χ3n) is 5.48. The molecule has 0 saturated carbocycles. The molecule has 136 valence electrons. The molecule has 3 atom stereocenters. The normalized spacial score (nSPS) is 27.8. The fraction of sp³-hybridized carbons (Fsp3) is 0.632. The van der Waals surface area contributed by atoms with Crippen molar-refractivity contribution in [2.24, 2.45) is 5.92 Å². The van der Waals surface area contributed by atoms with Crippen molar-refractivity contribution < 1.29 is 19.0 Å². The summed E-state index contributed by atoms with van der Waals surface area (Å²) in [6.45, 7) is 4.22. The molecular formula is C19H26N2O4. The van der Waals surface area contributed by atoms with E-state index < -0.39 is 0 Å². The van der Waals surface area contributed by atoms with Crippen LogP contribution in [0.4, 0.5) is 0 Å². The number of carbonyl (C=O) groups excluding carboxylic acids is 1. The minimum absolute atomic E-state index is 0.0142. The third-order valence-corrected chi connectivity index (χ3v) is 5.48. The van der Waals surface area contributed by atoms with Crippen molar-refractivity contribution in [1.82, 2.24) is 10.2 Å². The summed E-state index contributed by atoms with van der Waals surface area (Å²) >= 11 is 0. The maximum absolute atomic E-state index is 12.5. The Labute approximate surface area is 148 Å². The molecule has 0 radical (unpaired) electrons. The van der Waals surface area contributed by atoms with Gasteiger partial charge in [-0.05, 0) is 23.6 Å². The zero-order valence-corrected chi connectivity index (χ0v) is 14.7. The van der Waals surface area contributed by atoms with Gasteiger partial charge in [-0.3, -0.25) is 9.69 Å². The lowest BCUT2D eigenvalue weighted by Crippen LogP contribution is -2.39. The zero-order valence-electron chi connectivity index (χ0n) is 14.7. The van der Waals surface area contributed by atoms with Crippen molar-refractivity contribution in [3.05, 3.63) is 29.3 Å². The van der Waals surface area contributed by atoms with Crippen molar-refractivity contribution in [3.63, 3.8) is 0 Å². The summed E-state index contributed by atoms with van der Waals surface area (Å²) in [5.41, 5.74) is 2.58. The molecular weight excluding hydrogens is 320 g/mol. The van der Waals surface area contributed by atoms with Crippen LogP contribution in [0.25, 0.3) is 0 Å². The number of amides is 1. The molecule has 1 amide bonds. The van der Waals surface area contributed by atoms with Crippen LogP contribution in [-0.4, -0.2) is 63.0 Å². The number of hydrogen-bond acceptors (Lipinski definition) is 5. The molecule has 2 saturated heterocycles. The molecule has 0 bridgehead atoms. The number of carbonyl (C=O) groups is 1. The lowest BCUT2D eigenvalue weighted by molar-refractivity contribution is -0.127. The van der Waals surface area contributed by atoms with Crippen molar-refractivity contribution in [2.75, 3.05) is 40.0 Å². The number of benzene rings is 1. The van der Waals surface area contributed by atoms with Gasteiger partial charge in [-0.25, -0.2) is 0 Å². The molecule has 2 fully saturated rings. The molecule has 1 N–H and O–H groups in total. The summed E-state index contributed by atoms with van der Waals surface area (Å²) in [6.07, 6.45) is 2.00. The highest BCUT2D eigenvalue weighted by molar-refractivity contribution is 5.80. The van der Waals surface area contributed by atoms with Gasteiger partial charge in [0.1, 0.15) is 5.75 Å². The highest BCUT2D eigenvalue weighted by Crippen LogP contribution is 2.35. The number of nitrogens with one attached hydrogen (secondary N) is 1. The van der Waals surface area contributed by atoms with Crippen LogP contribution < -0.4 is 10.1 Å². The highest BCUT2D eigenvalue weighted by Gasteiger charge is 2.48. The standard InChI is InChI=1S/C19H26N2O4/c1-23-9-6-20-19(22)15-12-21(16-5-8-25-18(15)16)11-13-2-3-17-14(10-13)4-7-24-17/h2-3,10,15-16,18H,4-9,11-12H2,1H3,(H,20,22)/t15-,16+,18+/m1/s1. The van der Waals surface area contributed by atoms with Crippen LogP contribution >= 0.6 is 0 Å². The first kappa shape index (κ1) is 16.8. The molecule has 1 aromatic carbocycles. The van der Waals surface area contributed by atoms with Crippen LogP contribution in [0.3, 0.4) is 0 Å². The van der Waals surface area contributed by atoms with Gasteiger partial charge >= 0.3 is 0 Å². The number of fused-ring (bicyclic) bond motifs is 2. The fourth-order valence-corrected chi connectivity index (χ4v) is 4.26. The van der Waals surface area contributed by atoms with Crippen LogP contribution in [0.15, 0.2) is 18.2 Å². The predicted octanol–water partition coefficient (Wildman–Crippen LogP) is 0.973. The van der Waals surface area contributed by atoms with Gasteiger partial charge in [0.15, 0.2) is 0 Å². The van der Waals surface area contributed by atoms with E-state index in [1.807, 2.05) is 0 Å². The van der Waals surface area contributed by atoms with Crippen LogP contribution in [0.2, 0.25) is 0 Å². The first-order valence-electron chi connectivity index (χ1n) is 9.13. The van der Waals surface area contributed by atoms with Crippen LogP contribution in [0.1, 0.15) is 17.5 Å². The summed E-state index contributed by atoms with van der Waals surface area (Å²) in [5, 5.41) is 2.97. The largest absolute Gasteiger partial charge is 0.493 e. The van der Waals surface area contributed by atoms with E-state index in [-0.39, 0.29) is 17.9 Å². The van der Waals surface area contributed by atoms with E-state index in [1.165, 1.54) is 11.1 Å². The van der Waals surface area contributed by atoms with Gasteiger partial charge in [-0.2, -0.15) is 0 Å². The van der Waals surface area contributed by atoms with Gasteiger partial charge < -0.3 is 19.5 Å². The van der Waals surface area contributed by atoms with Gasteiger partial charge in [0.25, 0.3) is 0 Å². The summed E-state index contributed by atoms with van der Waals surface area (Å²) in [7, 11) is 1.64. The van der Waals surface area contributed by atoms with Crippen molar-refractivity contribution in [2.45, 2.75) is 31.5 Å². The number of rotatable bonds is 6. The minimum atomic E-state index is -0.0953. The summed E-state index contributed by atoms with van der Waals surface area (Å²) in [4.78, 5) is 14.9. The van der Waals surface area contributed by atoms with Crippen molar-refractivity contribution in [1.29, 1.82) is 0 Å². The average Bonchev–Trinajstić information content (AvgIpc) is 3.32. The number of nitrogens with zero attached hydrogens (tertiary/aromatic N) is 1. The molecule has 0 aliphatic carbocycles. The van der Waals surface area contributed by atoms with Gasteiger partial charge in [-0.1, -0.05) is 12.1 Å². The Balaban J connectivity index is 1.42. The Hall–Kier alpha value is -1.63. The quantitative estimate of drug-likeness (QED) is 0.778. The first-order valence-corrected chi connectivity index (χ1v) is 9.13.